The molecule has 0 spiro atoms. The van der Waals surface area contributed by atoms with Gasteiger partial charge in [0.05, 0.1) is 10.6 Å². The van der Waals surface area contributed by atoms with Crippen LogP contribution in [0.1, 0.15) is 55.5 Å². The zero-order chi connectivity index (χ0) is 29.8. The molecule has 1 N–H and O–H groups in total. The topological polar surface area (TPSA) is 86.8 Å². The third-order valence-corrected chi connectivity index (χ3v) is 8.38. The van der Waals surface area contributed by atoms with Crippen LogP contribution in [0.3, 0.4) is 0 Å². The molecule has 8 heteroatoms. The Hall–Kier alpha value is -3.65. The Morgan fingerprint density at radius 1 is 0.850 bits per heavy atom. The van der Waals surface area contributed by atoms with Crippen molar-refractivity contribution in [1.82, 2.24) is 10.2 Å². The molecule has 0 unspecified atom stereocenters. The summed E-state index contributed by atoms with van der Waals surface area (Å²) in [5.74, 6) is -0.790. The van der Waals surface area contributed by atoms with Crippen molar-refractivity contribution in [2.24, 2.45) is 0 Å². The van der Waals surface area contributed by atoms with Crippen molar-refractivity contribution >= 4 is 27.5 Å². The molecule has 0 bridgehead atoms. The number of benzene rings is 3. The minimum atomic E-state index is -4.10. The number of rotatable bonds is 9. The molecular formula is C32H41N3O4S. The molecule has 2 amide bonds. The fraction of sp³-hybridized carbons (Fsp3) is 0.375. The highest BCUT2D eigenvalue weighted by molar-refractivity contribution is 7.92. The molecule has 0 saturated heterocycles. The van der Waals surface area contributed by atoms with Crippen molar-refractivity contribution in [2.75, 3.05) is 10.8 Å². The zero-order valence-electron chi connectivity index (χ0n) is 24.8. The number of hydrogen-bond acceptors (Lipinski definition) is 4. The van der Waals surface area contributed by atoms with Gasteiger partial charge < -0.3 is 10.2 Å². The quantitative estimate of drug-likeness (QED) is 0.375. The summed E-state index contributed by atoms with van der Waals surface area (Å²) in [6.07, 6.45) is 0. The lowest BCUT2D eigenvalue weighted by Gasteiger charge is -2.34. The van der Waals surface area contributed by atoms with Crippen LogP contribution >= 0.6 is 0 Å². The number of hydrogen-bond donors (Lipinski definition) is 1. The number of carbonyl (C=O) groups excluding carboxylic acids is 2. The third-order valence-electron chi connectivity index (χ3n) is 6.61. The number of amides is 2. The first-order valence-electron chi connectivity index (χ1n) is 13.4. The van der Waals surface area contributed by atoms with Gasteiger partial charge >= 0.3 is 0 Å². The van der Waals surface area contributed by atoms with E-state index in [1.54, 1.807) is 37.3 Å². The predicted molar refractivity (Wildman–Crippen MR) is 161 cm³/mol. The fourth-order valence-corrected chi connectivity index (χ4v) is 5.98. The van der Waals surface area contributed by atoms with Crippen LogP contribution in [-0.2, 0) is 26.2 Å². The van der Waals surface area contributed by atoms with Gasteiger partial charge in [-0.2, -0.15) is 0 Å². The normalized spacial score (nSPS) is 12.5. The zero-order valence-corrected chi connectivity index (χ0v) is 25.6. The lowest BCUT2D eigenvalue weighted by atomic mass is 10.1. The smallest absolute Gasteiger partial charge is 0.264 e. The van der Waals surface area contributed by atoms with Crippen LogP contribution in [0, 0.1) is 27.7 Å². The van der Waals surface area contributed by atoms with Crippen LogP contribution in [0.25, 0.3) is 0 Å². The van der Waals surface area contributed by atoms with Gasteiger partial charge in [0.15, 0.2) is 0 Å². The molecular weight excluding hydrogens is 522 g/mol. The van der Waals surface area contributed by atoms with Gasteiger partial charge in [0.2, 0.25) is 11.8 Å². The molecule has 3 aromatic carbocycles. The number of nitrogens with zero attached hydrogens (tertiary/aromatic N) is 2. The van der Waals surface area contributed by atoms with Crippen molar-refractivity contribution in [1.29, 1.82) is 0 Å². The molecule has 7 nitrogen and oxygen atoms in total. The third kappa shape index (κ3) is 7.72. The van der Waals surface area contributed by atoms with Gasteiger partial charge in [0.25, 0.3) is 10.0 Å². The average Bonchev–Trinajstić information content (AvgIpc) is 2.85. The number of anilines is 1. The molecule has 0 saturated carbocycles. The van der Waals surface area contributed by atoms with Crippen LogP contribution in [0.2, 0.25) is 0 Å². The number of carbonyl (C=O) groups is 2. The molecule has 0 aliphatic rings. The summed E-state index contributed by atoms with van der Waals surface area (Å²) in [4.78, 5) is 28.8. The second-order valence-corrected chi connectivity index (χ2v) is 13.4. The van der Waals surface area contributed by atoms with Gasteiger partial charge in [-0.3, -0.25) is 13.9 Å². The van der Waals surface area contributed by atoms with E-state index in [1.165, 1.54) is 4.90 Å². The lowest BCUT2D eigenvalue weighted by Crippen LogP contribution is -2.54. The molecule has 0 aliphatic carbocycles. The highest BCUT2D eigenvalue weighted by Gasteiger charge is 2.33. The summed E-state index contributed by atoms with van der Waals surface area (Å²) < 4.78 is 29.2. The van der Waals surface area contributed by atoms with E-state index in [9.17, 15) is 18.0 Å². The highest BCUT2D eigenvalue weighted by atomic mass is 32.2. The first-order chi connectivity index (χ1) is 18.6. The largest absolute Gasteiger partial charge is 0.350 e. The van der Waals surface area contributed by atoms with Gasteiger partial charge in [-0.1, -0.05) is 65.2 Å². The van der Waals surface area contributed by atoms with Gasteiger partial charge in [-0.15, -0.1) is 0 Å². The van der Waals surface area contributed by atoms with Crippen molar-refractivity contribution in [3.63, 3.8) is 0 Å². The van der Waals surface area contributed by atoms with Crippen LogP contribution in [0.4, 0.5) is 5.69 Å². The maximum atomic E-state index is 14.1. The van der Waals surface area contributed by atoms with Crippen molar-refractivity contribution in [3.8, 4) is 0 Å². The Balaban J connectivity index is 2.08. The molecule has 0 heterocycles. The minimum Gasteiger partial charge on any atom is -0.350 e. The SMILES string of the molecule is Cc1ccc(S(=O)(=O)N(CC(=O)N(Cc2cccc(C)c2)[C@@H](C)C(=O)NC(C)(C)C)c2ccc(C)cc2C)cc1. The second-order valence-electron chi connectivity index (χ2n) is 11.5. The van der Waals surface area contributed by atoms with Crippen LogP contribution in [0.15, 0.2) is 71.6 Å². The van der Waals surface area contributed by atoms with Crippen molar-refractivity contribution in [2.45, 2.75) is 78.4 Å². The van der Waals surface area contributed by atoms with E-state index in [2.05, 4.69) is 5.32 Å². The molecule has 0 aliphatic heterocycles. The van der Waals surface area contributed by atoms with Crippen LogP contribution < -0.4 is 9.62 Å². The lowest BCUT2D eigenvalue weighted by molar-refractivity contribution is -0.140. The Morgan fingerprint density at radius 2 is 1.45 bits per heavy atom. The molecule has 214 valence electrons. The standard InChI is InChI=1S/C32H41N3O4S/c1-22-12-15-28(16-13-22)40(38,39)35(29-17-14-24(3)18-25(29)4)21-30(36)34(20-27-11-9-10-23(2)19-27)26(5)31(37)33-32(6,7)8/h9-19,26H,20-21H2,1-8H3,(H,33,37)/t26-/m0/s1. The van der Waals surface area contributed by atoms with E-state index in [0.29, 0.717) is 5.69 Å². The summed E-state index contributed by atoms with van der Waals surface area (Å²) in [7, 11) is -4.10. The molecule has 0 aromatic heterocycles. The molecule has 40 heavy (non-hydrogen) atoms. The average molecular weight is 564 g/mol. The second kappa shape index (κ2) is 12.3. The molecule has 3 rings (SSSR count). The highest BCUT2D eigenvalue weighted by Crippen LogP contribution is 2.28. The number of nitrogens with one attached hydrogen (secondary N) is 1. The summed E-state index contributed by atoms with van der Waals surface area (Å²) in [5, 5.41) is 2.95. The fourth-order valence-electron chi connectivity index (χ4n) is 4.50. The van der Waals surface area contributed by atoms with Crippen molar-refractivity contribution in [3.05, 3.63) is 94.5 Å². The van der Waals surface area contributed by atoms with E-state index in [0.717, 1.165) is 32.1 Å². The maximum absolute atomic E-state index is 14.1. The van der Waals surface area contributed by atoms with E-state index in [1.807, 2.05) is 84.9 Å². The Bertz CT molecular complexity index is 1470. The monoisotopic (exact) mass is 563 g/mol. The number of aryl methyl sites for hydroxylation is 4. The Morgan fingerprint density at radius 3 is 2.02 bits per heavy atom. The van der Waals surface area contributed by atoms with E-state index in [4.69, 9.17) is 0 Å². The van der Waals surface area contributed by atoms with Gasteiger partial charge in [-0.25, -0.2) is 8.42 Å². The van der Waals surface area contributed by atoms with Gasteiger partial charge in [-0.05, 0) is 84.7 Å². The Kier molecular flexibility index (Phi) is 9.46. The van der Waals surface area contributed by atoms with Crippen LogP contribution in [-0.4, -0.2) is 43.3 Å². The summed E-state index contributed by atoms with van der Waals surface area (Å²) in [6, 6.07) is 18.9. The van der Waals surface area contributed by atoms with Crippen LogP contribution in [0.5, 0.6) is 0 Å². The summed E-state index contributed by atoms with van der Waals surface area (Å²) in [5.41, 5.74) is 4.43. The van der Waals surface area contributed by atoms with Crippen molar-refractivity contribution < 1.29 is 18.0 Å². The Labute approximate surface area is 239 Å². The number of sulfonamides is 1. The predicted octanol–water partition coefficient (Wildman–Crippen LogP) is 5.45. The maximum Gasteiger partial charge on any atom is 0.264 e. The van der Waals surface area contributed by atoms with E-state index < -0.39 is 34.1 Å². The summed E-state index contributed by atoms with van der Waals surface area (Å²) in [6.45, 7) is 14.6. The van der Waals surface area contributed by atoms with E-state index >= 15 is 0 Å². The first-order valence-corrected chi connectivity index (χ1v) is 14.9. The molecule has 0 fully saturated rings. The minimum absolute atomic E-state index is 0.0923. The molecule has 0 radical (unpaired) electrons. The molecule has 3 aromatic rings. The first kappa shape index (κ1) is 30.9. The van der Waals surface area contributed by atoms with Gasteiger partial charge in [0, 0.05) is 12.1 Å². The summed E-state index contributed by atoms with van der Waals surface area (Å²) >= 11 is 0. The van der Waals surface area contributed by atoms with E-state index in [-0.39, 0.29) is 17.3 Å². The van der Waals surface area contributed by atoms with Gasteiger partial charge in [0.1, 0.15) is 12.6 Å². The molecule has 1 atom stereocenters.